The van der Waals surface area contributed by atoms with Gasteiger partial charge in [-0.2, -0.15) is 0 Å². The molecule has 0 spiro atoms. The number of aromatic amines is 1. The summed E-state index contributed by atoms with van der Waals surface area (Å²) in [5, 5.41) is 0.948. The van der Waals surface area contributed by atoms with E-state index in [9.17, 15) is 4.79 Å². The Morgan fingerprint density at radius 2 is 2.11 bits per heavy atom. The molecule has 0 bridgehead atoms. The van der Waals surface area contributed by atoms with Gasteiger partial charge in [-0.05, 0) is 31.0 Å². The largest absolute Gasteiger partial charge is 0.399 e. The van der Waals surface area contributed by atoms with E-state index in [-0.39, 0.29) is 5.91 Å². The van der Waals surface area contributed by atoms with E-state index in [0.29, 0.717) is 11.7 Å². The number of rotatable bonds is 2. The number of nitrogen functional groups attached to an aromatic ring is 1. The van der Waals surface area contributed by atoms with Gasteiger partial charge >= 0.3 is 0 Å². The monoisotopic (exact) mass is 257 g/mol. The Kier molecular flexibility index (Phi) is 2.93. The summed E-state index contributed by atoms with van der Waals surface area (Å²) in [6, 6.07) is 6.01. The van der Waals surface area contributed by atoms with Crippen molar-refractivity contribution in [3.8, 4) is 0 Å². The average Bonchev–Trinajstić information content (AvgIpc) is 3.05. The van der Waals surface area contributed by atoms with Crippen LogP contribution in [0.4, 0.5) is 5.69 Å². The predicted octanol–water partition coefficient (Wildman–Crippen LogP) is 2.76. The van der Waals surface area contributed by atoms with Crippen molar-refractivity contribution in [2.45, 2.75) is 31.7 Å². The SMILES string of the molecule is CN(C(=O)c1c[nH]c2cc(N)ccc12)C1CCCC1. The Morgan fingerprint density at radius 1 is 1.37 bits per heavy atom. The molecule has 1 aliphatic carbocycles. The Morgan fingerprint density at radius 3 is 2.84 bits per heavy atom. The fraction of sp³-hybridized carbons (Fsp3) is 0.400. The van der Waals surface area contributed by atoms with Gasteiger partial charge in [0.2, 0.25) is 0 Å². The Bertz CT molecular complexity index is 611. The molecular formula is C15H19N3O. The van der Waals surface area contributed by atoms with Crippen molar-refractivity contribution in [1.82, 2.24) is 9.88 Å². The van der Waals surface area contributed by atoms with Crippen LogP contribution in [0.15, 0.2) is 24.4 Å². The maximum Gasteiger partial charge on any atom is 0.256 e. The number of anilines is 1. The van der Waals surface area contributed by atoms with Crippen LogP contribution in [0, 0.1) is 0 Å². The summed E-state index contributed by atoms with van der Waals surface area (Å²) in [4.78, 5) is 17.6. The molecule has 4 nitrogen and oxygen atoms in total. The molecule has 2 aromatic rings. The van der Waals surface area contributed by atoms with Crippen LogP contribution in [0.5, 0.6) is 0 Å². The number of amides is 1. The zero-order chi connectivity index (χ0) is 13.4. The molecule has 1 aliphatic rings. The lowest BCUT2D eigenvalue weighted by molar-refractivity contribution is 0.0737. The van der Waals surface area contributed by atoms with Gasteiger partial charge in [-0.1, -0.05) is 12.8 Å². The molecule has 0 unspecified atom stereocenters. The molecule has 1 amide bonds. The second-order valence-corrected chi connectivity index (χ2v) is 5.36. The number of hydrogen-bond acceptors (Lipinski definition) is 2. The number of benzene rings is 1. The summed E-state index contributed by atoms with van der Waals surface area (Å²) in [5.41, 5.74) is 8.12. The van der Waals surface area contributed by atoms with Crippen molar-refractivity contribution in [1.29, 1.82) is 0 Å². The van der Waals surface area contributed by atoms with Gasteiger partial charge in [0.05, 0.1) is 5.56 Å². The van der Waals surface area contributed by atoms with Crippen molar-refractivity contribution >= 4 is 22.5 Å². The first-order valence-electron chi connectivity index (χ1n) is 6.80. The van der Waals surface area contributed by atoms with E-state index in [4.69, 9.17) is 5.73 Å². The summed E-state index contributed by atoms with van der Waals surface area (Å²) < 4.78 is 0. The number of nitrogens with zero attached hydrogens (tertiary/aromatic N) is 1. The lowest BCUT2D eigenvalue weighted by atomic mass is 10.1. The molecule has 1 aromatic heterocycles. The minimum absolute atomic E-state index is 0.0999. The lowest BCUT2D eigenvalue weighted by Crippen LogP contribution is -2.35. The summed E-state index contributed by atoms with van der Waals surface area (Å²) in [7, 11) is 1.91. The standard InChI is InChI=1S/C15H19N3O/c1-18(11-4-2-3-5-11)15(19)13-9-17-14-8-10(16)6-7-12(13)14/h6-9,11,17H,2-5,16H2,1H3. The number of carbonyl (C=O) groups is 1. The van der Waals surface area contributed by atoms with Gasteiger partial charge in [0.15, 0.2) is 0 Å². The zero-order valence-corrected chi connectivity index (χ0v) is 11.1. The van der Waals surface area contributed by atoms with Crippen molar-refractivity contribution in [3.05, 3.63) is 30.0 Å². The van der Waals surface area contributed by atoms with E-state index in [1.807, 2.05) is 30.1 Å². The highest BCUT2D eigenvalue weighted by molar-refractivity contribution is 6.07. The van der Waals surface area contributed by atoms with Crippen LogP contribution in [0.25, 0.3) is 10.9 Å². The van der Waals surface area contributed by atoms with E-state index in [1.165, 1.54) is 12.8 Å². The van der Waals surface area contributed by atoms with Gasteiger partial charge in [-0.25, -0.2) is 0 Å². The maximum atomic E-state index is 12.6. The fourth-order valence-electron chi connectivity index (χ4n) is 2.97. The molecule has 0 atom stereocenters. The Balaban J connectivity index is 1.92. The minimum atomic E-state index is 0.0999. The van der Waals surface area contributed by atoms with Crippen molar-refractivity contribution in [2.24, 2.45) is 0 Å². The Labute approximate surface area is 112 Å². The highest BCUT2D eigenvalue weighted by Crippen LogP contribution is 2.26. The maximum absolute atomic E-state index is 12.6. The van der Waals surface area contributed by atoms with E-state index in [1.54, 1.807) is 6.20 Å². The molecule has 1 aromatic carbocycles. The second-order valence-electron chi connectivity index (χ2n) is 5.36. The quantitative estimate of drug-likeness (QED) is 0.813. The van der Waals surface area contributed by atoms with Gasteiger partial charge in [0.25, 0.3) is 5.91 Å². The topological polar surface area (TPSA) is 62.1 Å². The van der Waals surface area contributed by atoms with E-state index >= 15 is 0 Å². The lowest BCUT2D eigenvalue weighted by Gasteiger charge is -2.24. The number of aromatic nitrogens is 1. The molecular weight excluding hydrogens is 238 g/mol. The molecule has 1 heterocycles. The van der Waals surface area contributed by atoms with Crippen LogP contribution in [0.3, 0.4) is 0 Å². The third-order valence-corrected chi connectivity index (χ3v) is 4.13. The number of nitrogens with two attached hydrogens (primary N) is 1. The van der Waals surface area contributed by atoms with Gasteiger partial charge in [-0.3, -0.25) is 4.79 Å². The smallest absolute Gasteiger partial charge is 0.256 e. The number of hydrogen-bond donors (Lipinski definition) is 2. The summed E-state index contributed by atoms with van der Waals surface area (Å²) in [6.07, 6.45) is 6.49. The van der Waals surface area contributed by atoms with Crippen molar-refractivity contribution in [3.63, 3.8) is 0 Å². The van der Waals surface area contributed by atoms with Gasteiger partial charge in [0.1, 0.15) is 0 Å². The molecule has 0 aliphatic heterocycles. The summed E-state index contributed by atoms with van der Waals surface area (Å²) in [5.74, 6) is 0.0999. The second kappa shape index (κ2) is 4.61. The fourth-order valence-corrected chi connectivity index (χ4v) is 2.97. The van der Waals surface area contributed by atoms with E-state index in [0.717, 1.165) is 29.3 Å². The number of carbonyl (C=O) groups excluding carboxylic acids is 1. The van der Waals surface area contributed by atoms with Crippen LogP contribution in [0.2, 0.25) is 0 Å². The van der Waals surface area contributed by atoms with Crippen LogP contribution < -0.4 is 5.73 Å². The molecule has 0 radical (unpaired) electrons. The van der Waals surface area contributed by atoms with Crippen molar-refractivity contribution in [2.75, 3.05) is 12.8 Å². The number of H-pyrrole nitrogens is 1. The molecule has 1 fully saturated rings. The number of fused-ring (bicyclic) bond motifs is 1. The third kappa shape index (κ3) is 2.07. The summed E-state index contributed by atoms with van der Waals surface area (Å²) >= 11 is 0. The molecule has 19 heavy (non-hydrogen) atoms. The molecule has 3 N–H and O–H groups in total. The van der Waals surface area contributed by atoms with Gasteiger partial charge in [-0.15, -0.1) is 0 Å². The van der Waals surface area contributed by atoms with E-state index < -0.39 is 0 Å². The van der Waals surface area contributed by atoms with Gasteiger partial charge in [0, 0.05) is 35.9 Å². The molecule has 4 heteroatoms. The first kappa shape index (κ1) is 12.1. The molecule has 100 valence electrons. The van der Waals surface area contributed by atoms with Crippen LogP contribution in [0.1, 0.15) is 36.0 Å². The molecule has 1 saturated carbocycles. The Hall–Kier alpha value is -1.97. The highest BCUT2D eigenvalue weighted by Gasteiger charge is 2.25. The van der Waals surface area contributed by atoms with Crippen LogP contribution >= 0.6 is 0 Å². The predicted molar refractivity (Wildman–Crippen MR) is 77.1 cm³/mol. The minimum Gasteiger partial charge on any atom is -0.399 e. The van der Waals surface area contributed by atoms with E-state index in [2.05, 4.69) is 4.98 Å². The normalized spacial score (nSPS) is 16.1. The molecule has 3 rings (SSSR count). The summed E-state index contributed by atoms with van der Waals surface area (Å²) in [6.45, 7) is 0. The zero-order valence-electron chi connectivity index (χ0n) is 11.1. The highest BCUT2D eigenvalue weighted by atomic mass is 16.2. The third-order valence-electron chi connectivity index (χ3n) is 4.13. The average molecular weight is 257 g/mol. The number of nitrogens with one attached hydrogen (secondary N) is 1. The first-order valence-corrected chi connectivity index (χ1v) is 6.80. The van der Waals surface area contributed by atoms with Crippen LogP contribution in [-0.4, -0.2) is 28.9 Å². The van der Waals surface area contributed by atoms with Crippen molar-refractivity contribution < 1.29 is 4.79 Å². The molecule has 0 saturated heterocycles. The first-order chi connectivity index (χ1) is 9.16. The van der Waals surface area contributed by atoms with Crippen LogP contribution in [-0.2, 0) is 0 Å². The van der Waals surface area contributed by atoms with Gasteiger partial charge < -0.3 is 15.6 Å².